The fourth-order valence-electron chi connectivity index (χ4n) is 4.07. The molecule has 0 radical (unpaired) electrons. The van der Waals surface area contributed by atoms with Crippen molar-refractivity contribution in [3.63, 3.8) is 0 Å². The van der Waals surface area contributed by atoms with Gasteiger partial charge in [-0.3, -0.25) is 0 Å². The van der Waals surface area contributed by atoms with Gasteiger partial charge in [0, 0.05) is 24.1 Å². The van der Waals surface area contributed by atoms with Gasteiger partial charge in [0.25, 0.3) is 0 Å². The summed E-state index contributed by atoms with van der Waals surface area (Å²) >= 11 is 2.22. The molecule has 2 saturated heterocycles. The van der Waals surface area contributed by atoms with Crippen LogP contribution in [0.5, 0.6) is 0 Å². The fraction of sp³-hybridized carbons (Fsp3) is 0.588. The second-order valence-corrected chi connectivity index (χ2v) is 9.02. The first kappa shape index (κ1) is 16.9. The van der Waals surface area contributed by atoms with Crippen LogP contribution in [0.1, 0.15) is 51.6 Å². The molecule has 0 aliphatic carbocycles. The Morgan fingerprint density at radius 3 is 2.88 bits per heavy atom. The Bertz CT molecular complexity index is 843. The average molecular weight is 455 g/mol. The number of nitrogens with zero attached hydrogens (tertiary/aromatic N) is 4. The molecule has 2 aromatic rings. The molecule has 2 fully saturated rings. The highest BCUT2D eigenvalue weighted by Crippen LogP contribution is 2.47. The summed E-state index contributed by atoms with van der Waals surface area (Å²) in [7, 11) is 0. The highest BCUT2D eigenvalue weighted by molar-refractivity contribution is 14.1. The lowest BCUT2D eigenvalue weighted by Crippen LogP contribution is -2.40. The number of anilines is 1. The first-order valence-electron chi connectivity index (χ1n) is 8.55. The Balaban J connectivity index is 1.65. The standard InChI is InChI=1S/C17H22IN5O2/c1-17(2,3)25-16(24)22-9-4-5-13(22)10(6-9)12-7-14(19)23-15(21-12)11(18)8-20-23/h7-10,13H,4-6,19H2,1-3H3. The van der Waals surface area contributed by atoms with Crippen LogP contribution in [0, 0.1) is 3.57 Å². The summed E-state index contributed by atoms with van der Waals surface area (Å²) in [6.07, 6.45) is 4.48. The maximum atomic E-state index is 12.6. The van der Waals surface area contributed by atoms with E-state index in [1.165, 1.54) is 0 Å². The van der Waals surface area contributed by atoms with E-state index in [2.05, 4.69) is 27.7 Å². The van der Waals surface area contributed by atoms with E-state index >= 15 is 0 Å². The third-order valence-electron chi connectivity index (χ3n) is 5.00. The van der Waals surface area contributed by atoms with Gasteiger partial charge in [0.05, 0.1) is 15.5 Å². The van der Waals surface area contributed by atoms with Gasteiger partial charge in [0.1, 0.15) is 11.4 Å². The van der Waals surface area contributed by atoms with Crippen molar-refractivity contribution in [3.05, 3.63) is 21.5 Å². The van der Waals surface area contributed by atoms with Crippen LogP contribution in [0.2, 0.25) is 0 Å². The monoisotopic (exact) mass is 455 g/mol. The van der Waals surface area contributed by atoms with Crippen molar-refractivity contribution in [1.29, 1.82) is 0 Å². The van der Waals surface area contributed by atoms with E-state index in [9.17, 15) is 4.79 Å². The molecule has 8 heteroatoms. The lowest BCUT2D eigenvalue weighted by atomic mass is 9.86. The van der Waals surface area contributed by atoms with Gasteiger partial charge in [-0.05, 0) is 62.6 Å². The second-order valence-electron chi connectivity index (χ2n) is 7.86. The van der Waals surface area contributed by atoms with E-state index in [0.717, 1.165) is 34.2 Å². The van der Waals surface area contributed by atoms with E-state index in [0.29, 0.717) is 5.82 Å². The van der Waals surface area contributed by atoms with Gasteiger partial charge < -0.3 is 15.4 Å². The molecule has 1 amide bonds. The first-order chi connectivity index (χ1) is 11.7. The van der Waals surface area contributed by atoms with Crippen LogP contribution in [0.4, 0.5) is 10.6 Å². The number of hydrogen-bond donors (Lipinski definition) is 1. The molecule has 0 aromatic carbocycles. The van der Waals surface area contributed by atoms with Crippen molar-refractivity contribution in [2.45, 2.75) is 63.6 Å². The summed E-state index contributed by atoms with van der Waals surface area (Å²) in [5.41, 5.74) is 7.41. The predicted molar refractivity (Wildman–Crippen MR) is 102 cm³/mol. The Kier molecular flexibility index (Phi) is 3.86. The van der Waals surface area contributed by atoms with Crippen molar-refractivity contribution in [2.75, 3.05) is 5.73 Å². The minimum absolute atomic E-state index is 0.134. The minimum Gasteiger partial charge on any atom is -0.444 e. The minimum atomic E-state index is -0.482. The van der Waals surface area contributed by atoms with Crippen LogP contribution in [0.25, 0.3) is 5.65 Å². The topological polar surface area (TPSA) is 85.8 Å². The predicted octanol–water partition coefficient (Wildman–Crippen LogP) is 3.17. The van der Waals surface area contributed by atoms with Gasteiger partial charge in [-0.1, -0.05) is 0 Å². The molecule has 2 aromatic heterocycles. The van der Waals surface area contributed by atoms with Crippen LogP contribution < -0.4 is 5.73 Å². The Morgan fingerprint density at radius 1 is 1.40 bits per heavy atom. The van der Waals surface area contributed by atoms with E-state index in [-0.39, 0.29) is 24.1 Å². The molecular weight excluding hydrogens is 433 g/mol. The Labute approximate surface area is 160 Å². The largest absolute Gasteiger partial charge is 0.444 e. The van der Waals surface area contributed by atoms with Crippen LogP contribution in [-0.4, -0.2) is 43.3 Å². The molecule has 2 aliphatic heterocycles. The number of carbonyl (C=O) groups is 1. The molecule has 134 valence electrons. The molecule has 25 heavy (non-hydrogen) atoms. The smallest absolute Gasteiger partial charge is 0.410 e. The quantitative estimate of drug-likeness (QED) is 0.668. The third-order valence-corrected chi connectivity index (χ3v) is 5.76. The summed E-state index contributed by atoms with van der Waals surface area (Å²) in [6.45, 7) is 5.70. The van der Waals surface area contributed by atoms with Crippen molar-refractivity contribution in [2.24, 2.45) is 0 Å². The highest BCUT2D eigenvalue weighted by atomic mass is 127. The maximum absolute atomic E-state index is 12.6. The average Bonchev–Trinajstić information content (AvgIpc) is 3.18. The number of aromatic nitrogens is 3. The third kappa shape index (κ3) is 2.84. The van der Waals surface area contributed by atoms with E-state index in [1.807, 2.05) is 31.7 Å². The zero-order valence-corrected chi connectivity index (χ0v) is 16.7. The number of nitrogen functional groups attached to an aromatic ring is 1. The van der Waals surface area contributed by atoms with Crippen LogP contribution in [-0.2, 0) is 4.74 Å². The lowest BCUT2D eigenvalue weighted by molar-refractivity contribution is 0.0212. The normalized spacial score (nSPS) is 25.8. The van der Waals surface area contributed by atoms with Crippen LogP contribution in [0.3, 0.4) is 0 Å². The Morgan fingerprint density at radius 2 is 2.16 bits per heavy atom. The number of halogens is 1. The number of amides is 1. The molecule has 0 saturated carbocycles. The number of rotatable bonds is 1. The van der Waals surface area contributed by atoms with Gasteiger partial charge in [0.15, 0.2) is 5.65 Å². The van der Waals surface area contributed by atoms with Crippen molar-refractivity contribution >= 4 is 40.1 Å². The number of nitrogens with two attached hydrogens (primary N) is 1. The van der Waals surface area contributed by atoms with Gasteiger partial charge in [-0.25, -0.2) is 9.78 Å². The maximum Gasteiger partial charge on any atom is 0.410 e. The van der Waals surface area contributed by atoms with Gasteiger partial charge >= 0.3 is 6.09 Å². The molecule has 4 heterocycles. The van der Waals surface area contributed by atoms with Crippen molar-refractivity contribution in [3.8, 4) is 0 Å². The van der Waals surface area contributed by atoms with Gasteiger partial charge in [0.2, 0.25) is 0 Å². The Hall–Kier alpha value is -1.58. The molecule has 2 N–H and O–H groups in total. The molecule has 3 unspecified atom stereocenters. The fourth-order valence-corrected chi connectivity index (χ4v) is 4.55. The molecule has 3 atom stereocenters. The number of hydrogen-bond acceptors (Lipinski definition) is 5. The zero-order chi connectivity index (χ0) is 17.9. The lowest BCUT2D eigenvalue weighted by Gasteiger charge is -2.28. The zero-order valence-electron chi connectivity index (χ0n) is 14.6. The number of ether oxygens (including phenoxy) is 1. The number of fused-ring (bicyclic) bond motifs is 3. The SMILES string of the molecule is CC(C)(C)OC(=O)N1C2CCC1C(c1cc(N)n3ncc(I)c3n1)C2. The summed E-state index contributed by atoms with van der Waals surface area (Å²) in [4.78, 5) is 19.4. The van der Waals surface area contributed by atoms with Crippen LogP contribution in [0.15, 0.2) is 12.3 Å². The molecule has 2 aliphatic rings. The first-order valence-corrected chi connectivity index (χ1v) is 9.63. The molecule has 0 spiro atoms. The second kappa shape index (κ2) is 5.72. The highest BCUT2D eigenvalue weighted by Gasteiger charge is 2.50. The van der Waals surface area contributed by atoms with Gasteiger partial charge in [-0.15, -0.1) is 0 Å². The molecule has 7 nitrogen and oxygen atoms in total. The van der Waals surface area contributed by atoms with Crippen molar-refractivity contribution in [1.82, 2.24) is 19.5 Å². The summed E-state index contributed by atoms with van der Waals surface area (Å²) in [6, 6.07) is 2.26. The van der Waals surface area contributed by atoms with E-state index < -0.39 is 5.60 Å². The van der Waals surface area contributed by atoms with Gasteiger partial charge in [-0.2, -0.15) is 9.61 Å². The van der Waals surface area contributed by atoms with Crippen molar-refractivity contribution < 1.29 is 9.53 Å². The van der Waals surface area contributed by atoms with Crippen LogP contribution >= 0.6 is 22.6 Å². The van der Waals surface area contributed by atoms with E-state index in [1.54, 1.807) is 10.7 Å². The molecule has 2 bridgehead atoms. The molecule has 4 rings (SSSR count). The summed E-state index contributed by atoms with van der Waals surface area (Å²) in [5, 5.41) is 4.25. The molecular formula is C17H22IN5O2. The summed E-state index contributed by atoms with van der Waals surface area (Å²) in [5.74, 6) is 0.777. The number of carbonyl (C=O) groups excluding carboxylic acids is 1. The van der Waals surface area contributed by atoms with E-state index in [4.69, 9.17) is 15.5 Å². The summed E-state index contributed by atoms with van der Waals surface area (Å²) < 4.78 is 8.24.